The fourth-order valence-electron chi connectivity index (χ4n) is 2.77. The van der Waals surface area contributed by atoms with Crippen LogP contribution in [0.4, 0.5) is 5.69 Å². The van der Waals surface area contributed by atoms with Gasteiger partial charge in [-0.1, -0.05) is 28.1 Å². The Morgan fingerprint density at radius 3 is 2.54 bits per heavy atom. The Morgan fingerprint density at radius 2 is 1.82 bits per heavy atom. The highest BCUT2D eigenvalue weighted by Gasteiger charge is 2.12. The Bertz CT molecular complexity index is 1000. The summed E-state index contributed by atoms with van der Waals surface area (Å²) in [4.78, 5) is 12.6. The molecule has 5 heteroatoms. The van der Waals surface area contributed by atoms with E-state index in [4.69, 9.17) is 9.47 Å². The van der Waals surface area contributed by atoms with Crippen molar-refractivity contribution in [1.29, 1.82) is 0 Å². The zero-order valence-corrected chi connectivity index (χ0v) is 17.7. The van der Waals surface area contributed by atoms with Crippen LogP contribution in [0.5, 0.6) is 11.5 Å². The van der Waals surface area contributed by atoms with Gasteiger partial charge in [0.15, 0.2) is 0 Å². The highest BCUT2D eigenvalue weighted by atomic mass is 79.9. The van der Waals surface area contributed by atoms with Crippen LogP contribution in [0, 0.1) is 13.8 Å². The lowest BCUT2D eigenvalue weighted by atomic mass is 10.1. The monoisotopic (exact) mass is 439 g/mol. The van der Waals surface area contributed by atoms with Gasteiger partial charge >= 0.3 is 0 Å². The molecule has 0 heterocycles. The molecule has 1 N–H and O–H groups in total. The van der Waals surface area contributed by atoms with Crippen LogP contribution in [0.1, 0.15) is 27.0 Å². The lowest BCUT2D eigenvalue weighted by Crippen LogP contribution is -2.12. The molecule has 4 nitrogen and oxygen atoms in total. The van der Waals surface area contributed by atoms with Crippen molar-refractivity contribution in [1.82, 2.24) is 0 Å². The topological polar surface area (TPSA) is 47.6 Å². The maximum Gasteiger partial charge on any atom is 0.255 e. The third kappa shape index (κ3) is 4.93. The minimum atomic E-state index is -0.187. The van der Waals surface area contributed by atoms with Crippen LogP contribution >= 0.6 is 15.9 Å². The third-order valence-electron chi connectivity index (χ3n) is 4.50. The van der Waals surface area contributed by atoms with Gasteiger partial charge in [0, 0.05) is 21.3 Å². The normalized spacial score (nSPS) is 10.4. The van der Waals surface area contributed by atoms with Crippen LogP contribution in [0.3, 0.4) is 0 Å². The molecule has 3 aromatic rings. The number of amides is 1. The van der Waals surface area contributed by atoms with Gasteiger partial charge < -0.3 is 14.8 Å². The molecule has 0 saturated carbocycles. The van der Waals surface area contributed by atoms with E-state index in [9.17, 15) is 4.79 Å². The van der Waals surface area contributed by atoms with Crippen LogP contribution in [0.15, 0.2) is 65.1 Å². The highest BCUT2D eigenvalue weighted by Crippen LogP contribution is 2.24. The fourth-order valence-corrected chi connectivity index (χ4v) is 3.17. The van der Waals surface area contributed by atoms with E-state index in [1.165, 1.54) is 11.1 Å². The summed E-state index contributed by atoms with van der Waals surface area (Å²) in [6.07, 6.45) is 0. The van der Waals surface area contributed by atoms with Crippen LogP contribution in [-0.4, -0.2) is 13.0 Å². The molecule has 3 aromatic carbocycles. The Kier molecular flexibility index (Phi) is 6.37. The maximum absolute atomic E-state index is 12.6. The van der Waals surface area contributed by atoms with Crippen LogP contribution < -0.4 is 14.8 Å². The van der Waals surface area contributed by atoms with Crippen molar-refractivity contribution in [3.8, 4) is 11.5 Å². The first-order valence-corrected chi connectivity index (χ1v) is 9.69. The maximum atomic E-state index is 12.6. The van der Waals surface area contributed by atoms with Crippen LogP contribution in [-0.2, 0) is 6.61 Å². The number of ether oxygens (including phenoxy) is 2. The summed E-state index contributed by atoms with van der Waals surface area (Å²) >= 11 is 3.41. The molecule has 0 aliphatic rings. The summed E-state index contributed by atoms with van der Waals surface area (Å²) in [5.41, 5.74) is 4.47. The van der Waals surface area contributed by atoms with Gasteiger partial charge in [-0.05, 0) is 73.5 Å². The molecule has 0 aliphatic heterocycles. The van der Waals surface area contributed by atoms with Gasteiger partial charge in [-0.3, -0.25) is 4.79 Å². The van der Waals surface area contributed by atoms with Crippen LogP contribution in [0.25, 0.3) is 0 Å². The van der Waals surface area contributed by atoms with E-state index in [0.717, 1.165) is 21.5 Å². The Hall–Kier alpha value is -2.79. The van der Waals surface area contributed by atoms with Gasteiger partial charge in [0.05, 0.1) is 7.11 Å². The highest BCUT2D eigenvalue weighted by molar-refractivity contribution is 9.10. The lowest BCUT2D eigenvalue weighted by molar-refractivity contribution is 0.102. The first-order valence-electron chi connectivity index (χ1n) is 8.90. The van der Waals surface area contributed by atoms with Crippen molar-refractivity contribution >= 4 is 27.5 Å². The number of rotatable bonds is 6. The fraction of sp³-hybridized carbons (Fsp3) is 0.174. The van der Waals surface area contributed by atoms with E-state index in [0.29, 0.717) is 17.9 Å². The van der Waals surface area contributed by atoms with Gasteiger partial charge in [0.25, 0.3) is 5.91 Å². The predicted molar refractivity (Wildman–Crippen MR) is 115 cm³/mol. The number of anilines is 1. The molecular weight excluding hydrogens is 418 g/mol. The number of benzene rings is 3. The quantitative estimate of drug-likeness (QED) is 0.519. The van der Waals surface area contributed by atoms with E-state index in [1.807, 2.05) is 42.5 Å². The van der Waals surface area contributed by atoms with Crippen molar-refractivity contribution in [2.75, 3.05) is 12.4 Å². The Labute approximate surface area is 173 Å². The summed E-state index contributed by atoms with van der Waals surface area (Å²) in [6, 6.07) is 18.8. The Morgan fingerprint density at radius 1 is 1.00 bits per heavy atom. The molecule has 0 bridgehead atoms. The minimum Gasteiger partial charge on any atom is -0.496 e. The van der Waals surface area contributed by atoms with E-state index in [-0.39, 0.29) is 5.91 Å². The molecule has 0 atom stereocenters. The first-order chi connectivity index (χ1) is 13.5. The molecule has 0 fully saturated rings. The summed E-state index contributed by atoms with van der Waals surface area (Å²) in [7, 11) is 1.61. The molecule has 1 amide bonds. The predicted octanol–water partition coefficient (Wildman–Crippen LogP) is 5.91. The second kappa shape index (κ2) is 8.93. The van der Waals surface area contributed by atoms with Crippen molar-refractivity contribution in [3.63, 3.8) is 0 Å². The molecule has 0 aliphatic carbocycles. The molecule has 0 unspecified atom stereocenters. The number of carbonyl (C=O) groups excluding carboxylic acids is 1. The number of methoxy groups -OCH3 is 1. The molecule has 0 saturated heterocycles. The van der Waals surface area contributed by atoms with Crippen molar-refractivity contribution < 1.29 is 14.3 Å². The summed E-state index contributed by atoms with van der Waals surface area (Å²) < 4.78 is 12.3. The van der Waals surface area contributed by atoms with Gasteiger partial charge in [-0.2, -0.15) is 0 Å². The molecular formula is C23H22BrNO3. The minimum absolute atomic E-state index is 0.187. The molecule has 0 aromatic heterocycles. The number of halogens is 1. The second-order valence-electron chi connectivity index (χ2n) is 6.53. The molecule has 0 radical (unpaired) electrons. The summed E-state index contributed by atoms with van der Waals surface area (Å²) in [6.45, 7) is 4.43. The van der Waals surface area contributed by atoms with Gasteiger partial charge in [0.1, 0.15) is 18.1 Å². The van der Waals surface area contributed by atoms with E-state index >= 15 is 0 Å². The Balaban J connectivity index is 1.77. The van der Waals surface area contributed by atoms with E-state index < -0.39 is 0 Å². The van der Waals surface area contributed by atoms with Crippen LogP contribution in [0.2, 0.25) is 0 Å². The van der Waals surface area contributed by atoms with Gasteiger partial charge in [0.2, 0.25) is 0 Å². The zero-order valence-electron chi connectivity index (χ0n) is 16.1. The number of nitrogens with one attached hydrogen (secondary N) is 1. The summed E-state index contributed by atoms with van der Waals surface area (Å²) in [5.74, 6) is 1.28. The standard InChI is InChI=1S/C23H22BrNO3/c1-15-7-9-21(11-16(15)2)28-14-18-12-17(8-10-22(18)27-3)23(26)25-20-6-4-5-19(24)13-20/h4-13H,14H2,1-3H3,(H,25,26). The largest absolute Gasteiger partial charge is 0.496 e. The van der Waals surface area contributed by atoms with Crippen molar-refractivity contribution in [2.45, 2.75) is 20.5 Å². The molecule has 3 rings (SSSR count). The molecule has 28 heavy (non-hydrogen) atoms. The van der Waals surface area contributed by atoms with E-state index in [2.05, 4.69) is 35.1 Å². The number of hydrogen-bond acceptors (Lipinski definition) is 3. The summed E-state index contributed by atoms with van der Waals surface area (Å²) in [5, 5.41) is 2.90. The van der Waals surface area contributed by atoms with Crippen molar-refractivity contribution in [3.05, 3.63) is 87.4 Å². The average Bonchev–Trinajstić information content (AvgIpc) is 2.68. The zero-order chi connectivity index (χ0) is 20.1. The third-order valence-corrected chi connectivity index (χ3v) is 4.99. The lowest BCUT2D eigenvalue weighted by Gasteiger charge is -2.13. The van der Waals surface area contributed by atoms with Crippen molar-refractivity contribution in [2.24, 2.45) is 0 Å². The number of hydrogen-bond donors (Lipinski definition) is 1. The SMILES string of the molecule is COc1ccc(C(=O)Nc2cccc(Br)c2)cc1COc1ccc(C)c(C)c1. The number of aryl methyl sites for hydroxylation is 2. The smallest absolute Gasteiger partial charge is 0.255 e. The van der Waals surface area contributed by atoms with Gasteiger partial charge in [-0.25, -0.2) is 0 Å². The average molecular weight is 440 g/mol. The van der Waals surface area contributed by atoms with Gasteiger partial charge in [-0.15, -0.1) is 0 Å². The second-order valence-corrected chi connectivity index (χ2v) is 7.44. The number of carbonyl (C=O) groups is 1. The molecule has 144 valence electrons. The first kappa shape index (κ1) is 20.0. The van der Waals surface area contributed by atoms with E-state index in [1.54, 1.807) is 25.3 Å². The molecule has 0 spiro atoms.